The molecule has 2 rings (SSSR count). The molecule has 0 aliphatic heterocycles. The highest BCUT2D eigenvalue weighted by Gasteiger charge is 2.08. The molecule has 0 radical (unpaired) electrons. The number of ether oxygens (including phenoxy) is 1. The van der Waals surface area contributed by atoms with Gasteiger partial charge in [-0.3, -0.25) is 0 Å². The van der Waals surface area contributed by atoms with Gasteiger partial charge in [-0.2, -0.15) is 0 Å². The number of halogens is 1. The summed E-state index contributed by atoms with van der Waals surface area (Å²) in [4.78, 5) is 0. The molecule has 0 heterocycles. The lowest BCUT2D eigenvalue weighted by molar-refractivity contribution is 0.302. The summed E-state index contributed by atoms with van der Waals surface area (Å²) in [6, 6.07) is 12.7. The first-order chi connectivity index (χ1) is 9.70. The Morgan fingerprint density at radius 2 is 1.90 bits per heavy atom. The van der Waals surface area contributed by atoms with Crippen molar-refractivity contribution in [2.75, 3.05) is 6.54 Å². The fraction of sp³-hybridized carbons (Fsp3) is 0.250. The third-order valence-corrected chi connectivity index (χ3v) is 3.23. The number of rotatable bonds is 6. The molecular weight excluding hydrogens is 274 g/mol. The number of phenols is 1. The van der Waals surface area contributed by atoms with Crippen molar-refractivity contribution in [2.45, 2.75) is 20.1 Å². The smallest absolute Gasteiger partial charge is 0.142 e. The highest BCUT2D eigenvalue weighted by Crippen LogP contribution is 2.29. The maximum Gasteiger partial charge on any atom is 0.142 e. The van der Waals surface area contributed by atoms with Crippen molar-refractivity contribution >= 4 is 11.6 Å². The van der Waals surface area contributed by atoms with E-state index in [1.165, 1.54) is 0 Å². The van der Waals surface area contributed by atoms with Gasteiger partial charge in [-0.1, -0.05) is 42.8 Å². The number of nitrogens with one attached hydrogen (secondary N) is 1. The molecule has 0 atom stereocenters. The molecule has 20 heavy (non-hydrogen) atoms. The summed E-state index contributed by atoms with van der Waals surface area (Å²) in [5, 5.41) is 13.1. The topological polar surface area (TPSA) is 41.5 Å². The van der Waals surface area contributed by atoms with Gasteiger partial charge in [0.25, 0.3) is 0 Å². The summed E-state index contributed by atoms with van der Waals surface area (Å²) in [6.07, 6.45) is 0. The van der Waals surface area contributed by atoms with Crippen molar-refractivity contribution in [1.82, 2.24) is 5.32 Å². The van der Waals surface area contributed by atoms with Crippen LogP contribution in [0.5, 0.6) is 11.5 Å². The first-order valence-electron chi connectivity index (χ1n) is 6.59. The Morgan fingerprint density at radius 1 is 1.15 bits per heavy atom. The van der Waals surface area contributed by atoms with Crippen molar-refractivity contribution in [3.05, 3.63) is 58.6 Å². The number of phenolic OH excluding ortho intramolecular Hbond substituents is 1. The fourth-order valence-corrected chi connectivity index (χ4v) is 2.11. The summed E-state index contributed by atoms with van der Waals surface area (Å²) >= 11 is 6.21. The Morgan fingerprint density at radius 3 is 2.60 bits per heavy atom. The first-order valence-corrected chi connectivity index (χ1v) is 6.97. The van der Waals surface area contributed by atoms with Gasteiger partial charge < -0.3 is 15.2 Å². The zero-order valence-corrected chi connectivity index (χ0v) is 12.2. The van der Waals surface area contributed by atoms with Crippen LogP contribution in [0, 0.1) is 0 Å². The van der Waals surface area contributed by atoms with Crippen LogP contribution in [0.1, 0.15) is 18.1 Å². The zero-order chi connectivity index (χ0) is 14.4. The standard InChI is InChI=1S/C16H18ClNO2/c1-2-18-10-13-4-3-5-15(17)16(13)20-11-12-6-8-14(19)9-7-12/h3-9,18-19H,2,10-11H2,1H3. The van der Waals surface area contributed by atoms with Gasteiger partial charge in [-0.05, 0) is 30.3 Å². The van der Waals surface area contributed by atoms with Gasteiger partial charge in [0.05, 0.1) is 5.02 Å². The van der Waals surface area contributed by atoms with E-state index in [9.17, 15) is 5.11 Å². The van der Waals surface area contributed by atoms with Crippen molar-refractivity contribution in [2.24, 2.45) is 0 Å². The predicted octanol–water partition coefficient (Wildman–Crippen LogP) is 3.73. The Balaban J connectivity index is 2.09. The Kier molecular flexibility index (Phi) is 5.27. The number of hydrogen-bond donors (Lipinski definition) is 2. The minimum absolute atomic E-state index is 0.249. The zero-order valence-electron chi connectivity index (χ0n) is 11.4. The predicted molar refractivity (Wildman–Crippen MR) is 81.3 cm³/mol. The molecule has 2 aromatic carbocycles. The van der Waals surface area contributed by atoms with Crippen LogP contribution in [0.25, 0.3) is 0 Å². The molecule has 0 fully saturated rings. The molecule has 0 aromatic heterocycles. The number of para-hydroxylation sites is 1. The van der Waals surface area contributed by atoms with Crippen LogP contribution < -0.4 is 10.1 Å². The molecule has 0 saturated carbocycles. The van der Waals surface area contributed by atoms with Crippen molar-refractivity contribution in [1.29, 1.82) is 0 Å². The van der Waals surface area contributed by atoms with Gasteiger partial charge in [0.15, 0.2) is 0 Å². The largest absolute Gasteiger partial charge is 0.508 e. The molecule has 2 aromatic rings. The van der Waals surface area contributed by atoms with E-state index in [4.69, 9.17) is 16.3 Å². The molecule has 0 bridgehead atoms. The van der Waals surface area contributed by atoms with Gasteiger partial charge in [0.1, 0.15) is 18.1 Å². The second-order valence-corrected chi connectivity index (χ2v) is 4.87. The number of aromatic hydroxyl groups is 1. The molecule has 4 heteroatoms. The highest BCUT2D eigenvalue weighted by molar-refractivity contribution is 6.32. The lowest BCUT2D eigenvalue weighted by atomic mass is 10.2. The summed E-state index contributed by atoms with van der Waals surface area (Å²) < 4.78 is 5.84. The van der Waals surface area contributed by atoms with Crippen LogP contribution in [0.15, 0.2) is 42.5 Å². The van der Waals surface area contributed by atoms with Crippen molar-refractivity contribution in [3.8, 4) is 11.5 Å². The van der Waals surface area contributed by atoms with E-state index >= 15 is 0 Å². The van der Waals surface area contributed by atoms with E-state index in [1.807, 2.05) is 30.3 Å². The molecule has 0 aliphatic rings. The van der Waals surface area contributed by atoms with Crippen LogP contribution >= 0.6 is 11.6 Å². The van der Waals surface area contributed by atoms with Crippen LogP contribution in [0.4, 0.5) is 0 Å². The third-order valence-electron chi connectivity index (χ3n) is 2.93. The second kappa shape index (κ2) is 7.17. The molecule has 0 unspecified atom stereocenters. The average Bonchev–Trinajstić information content (AvgIpc) is 2.46. The third kappa shape index (κ3) is 3.89. The molecular formula is C16H18ClNO2. The van der Waals surface area contributed by atoms with Crippen molar-refractivity contribution < 1.29 is 9.84 Å². The maximum absolute atomic E-state index is 9.26. The molecule has 106 valence electrons. The lowest BCUT2D eigenvalue weighted by Gasteiger charge is -2.13. The molecule has 0 aliphatic carbocycles. The van der Waals surface area contributed by atoms with Crippen LogP contribution in [0.3, 0.4) is 0 Å². The van der Waals surface area contributed by atoms with Crippen molar-refractivity contribution in [3.63, 3.8) is 0 Å². The monoisotopic (exact) mass is 291 g/mol. The molecule has 0 amide bonds. The fourth-order valence-electron chi connectivity index (χ4n) is 1.86. The minimum atomic E-state index is 0.249. The van der Waals surface area contributed by atoms with E-state index in [2.05, 4.69) is 12.2 Å². The molecule has 0 spiro atoms. The normalized spacial score (nSPS) is 10.5. The summed E-state index contributed by atoms with van der Waals surface area (Å²) in [5.41, 5.74) is 2.02. The molecule has 2 N–H and O–H groups in total. The summed E-state index contributed by atoms with van der Waals surface area (Å²) in [5.74, 6) is 0.961. The van der Waals surface area contributed by atoms with E-state index < -0.39 is 0 Å². The van der Waals surface area contributed by atoms with Crippen LogP contribution in [-0.2, 0) is 13.2 Å². The molecule has 0 saturated heterocycles. The van der Waals surface area contributed by atoms with Gasteiger partial charge in [0, 0.05) is 12.1 Å². The van der Waals surface area contributed by atoms with E-state index in [-0.39, 0.29) is 5.75 Å². The minimum Gasteiger partial charge on any atom is -0.508 e. The maximum atomic E-state index is 9.26. The van der Waals surface area contributed by atoms with Gasteiger partial charge in [-0.15, -0.1) is 0 Å². The highest BCUT2D eigenvalue weighted by atomic mass is 35.5. The van der Waals surface area contributed by atoms with E-state index in [1.54, 1.807) is 12.1 Å². The number of benzene rings is 2. The Hall–Kier alpha value is -1.71. The van der Waals surface area contributed by atoms with E-state index in [0.717, 1.165) is 24.2 Å². The average molecular weight is 292 g/mol. The lowest BCUT2D eigenvalue weighted by Crippen LogP contribution is -2.13. The summed E-state index contributed by atoms with van der Waals surface area (Å²) in [6.45, 7) is 4.09. The van der Waals surface area contributed by atoms with Gasteiger partial charge in [0.2, 0.25) is 0 Å². The van der Waals surface area contributed by atoms with Gasteiger partial charge in [-0.25, -0.2) is 0 Å². The number of hydrogen-bond acceptors (Lipinski definition) is 3. The molecule has 3 nitrogen and oxygen atoms in total. The van der Waals surface area contributed by atoms with E-state index in [0.29, 0.717) is 17.4 Å². The first kappa shape index (κ1) is 14.7. The Bertz CT molecular complexity index is 555. The Labute approximate surface area is 124 Å². The second-order valence-electron chi connectivity index (χ2n) is 4.46. The summed E-state index contributed by atoms with van der Waals surface area (Å²) in [7, 11) is 0. The van der Waals surface area contributed by atoms with Crippen LogP contribution in [-0.4, -0.2) is 11.7 Å². The quantitative estimate of drug-likeness (QED) is 0.852. The van der Waals surface area contributed by atoms with Gasteiger partial charge >= 0.3 is 0 Å². The van der Waals surface area contributed by atoms with Crippen LogP contribution in [0.2, 0.25) is 5.02 Å². The SMILES string of the molecule is CCNCc1cccc(Cl)c1OCc1ccc(O)cc1.